The molecule has 1 rings (SSSR count). The third-order valence-corrected chi connectivity index (χ3v) is 2.76. The highest BCUT2D eigenvalue weighted by atomic mass is 16.5. The predicted octanol–water partition coefficient (Wildman–Crippen LogP) is 1.02. The molecule has 0 aliphatic rings. The van der Waals surface area contributed by atoms with Gasteiger partial charge in [-0.2, -0.15) is 5.26 Å². The molecule has 1 aromatic rings. The molecule has 6 heteroatoms. The van der Waals surface area contributed by atoms with Crippen LogP contribution in [-0.4, -0.2) is 45.0 Å². The number of methoxy groups -OCH3 is 2. The van der Waals surface area contributed by atoms with Gasteiger partial charge < -0.3 is 20.1 Å². The Kier molecular flexibility index (Phi) is 6.06. The van der Waals surface area contributed by atoms with Crippen molar-refractivity contribution in [2.45, 2.75) is 13.0 Å². The maximum atomic E-state index is 9.19. The van der Waals surface area contributed by atoms with Crippen LogP contribution in [0.2, 0.25) is 0 Å². The number of pyridine rings is 1. The van der Waals surface area contributed by atoms with E-state index in [1.807, 2.05) is 11.8 Å². The number of nitrogens with zero attached hydrogens (tertiary/aromatic N) is 3. The van der Waals surface area contributed by atoms with Crippen LogP contribution in [0.3, 0.4) is 0 Å². The molecule has 1 heterocycles. The lowest BCUT2D eigenvalue weighted by atomic mass is 10.2. The minimum absolute atomic E-state index is 0.0865. The smallest absolute Gasteiger partial charge is 0.147 e. The summed E-state index contributed by atoms with van der Waals surface area (Å²) in [6.07, 6.45) is 1.55. The number of nitrogen functional groups attached to an aromatic ring is 1. The van der Waals surface area contributed by atoms with Gasteiger partial charge in [-0.3, -0.25) is 0 Å². The van der Waals surface area contributed by atoms with E-state index in [4.69, 9.17) is 15.2 Å². The van der Waals surface area contributed by atoms with E-state index in [1.54, 1.807) is 26.5 Å². The highest BCUT2D eigenvalue weighted by Gasteiger charge is 2.19. The van der Waals surface area contributed by atoms with E-state index in [0.717, 1.165) is 0 Å². The normalized spacial score (nSPS) is 11.9. The van der Waals surface area contributed by atoms with Crippen LogP contribution in [0.25, 0.3) is 0 Å². The first-order valence-electron chi connectivity index (χ1n) is 6.04. The van der Waals surface area contributed by atoms with Gasteiger partial charge in [-0.05, 0) is 13.0 Å². The van der Waals surface area contributed by atoms with Crippen LogP contribution < -0.4 is 10.6 Å². The zero-order chi connectivity index (χ0) is 14.3. The quantitative estimate of drug-likeness (QED) is 0.791. The highest BCUT2D eigenvalue weighted by molar-refractivity contribution is 5.59. The molecule has 0 aromatic carbocycles. The lowest BCUT2D eigenvalue weighted by molar-refractivity contribution is 0.170. The minimum atomic E-state index is 0.0865. The Morgan fingerprint density at radius 2 is 2.21 bits per heavy atom. The van der Waals surface area contributed by atoms with Gasteiger partial charge in [-0.1, -0.05) is 0 Å². The summed E-state index contributed by atoms with van der Waals surface area (Å²) in [4.78, 5) is 6.26. The molecule has 19 heavy (non-hydrogen) atoms. The van der Waals surface area contributed by atoms with Gasteiger partial charge in [0.25, 0.3) is 0 Å². The van der Waals surface area contributed by atoms with Crippen molar-refractivity contribution in [3.63, 3.8) is 0 Å². The fourth-order valence-electron chi connectivity index (χ4n) is 1.84. The van der Waals surface area contributed by atoms with E-state index in [-0.39, 0.29) is 6.04 Å². The number of aromatic nitrogens is 1. The van der Waals surface area contributed by atoms with Crippen molar-refractivity contribution in [3.05, 3.63) is 17.8 Å². The zero-order valence-electron chi connectivity index (χ0n) is 11.6. The molecule has 0 bridgehead atoms. The van der Waals surface area contributed by atoms with Gasteiger partial charge in [0.05, 0.1) is 36.7 Å². The molecule has 1 unspecified atom stereocenters. The van der Waals surface area contributed by atoms with Crippen LogP contribution in [0.5, 0.6) is 0 Å². The lowest BCUT2D eigenvalue weighted by Crippen LogP contribution is -2.39. The third-order valence-electron chi connectivity index (χ3n) is 2.76. The molecule has 0 aliphatic heterocycles. The molecule has 1 atom stereocenters. The maximum absolute atomic E-state index is 9.19. The van der Waals surface area contributed by atoms with Crippen molar-refractivity contribution in [1.29, 1.82) is 5.26 Å². The van der Waals surface area contributed by atoms with E-state index in [0.29, 0.717) is 36.8 Å². The molecule has 0 aliphatic carbocycles. The lowest BCUT2D eigenvalue weighted by Gasteiger charge is -2.30. The van der Waals surface area contributed by atoms with Crippen molar-refractivity contribution in [3.8, 4) is 6.07 Å². The average molecular weight is 264 g/mol. The summed E-state index contributed by atoms with van der Waals surface area (Å²) in [5.41, 5.74) is 6.59. The molecule has 0 saturated carbocycles. The first kappa shape index (κ1) is 15.2. The molecular formula is C13H20N4O2. The van der Waals surface area contributed by atoms with Crippen LogP contribution in [0.1, 0.15) is 12.5 Å². The van der Waals surface area contributed by atoms with Crippen LogP contribution >= 0.6 is 0 Å². The number of rotatable bonds is 7. The van der Waals surface area contributed by atoms with Crippen molar-refractivity contribution in [2.75, 3.05) is 44.6 Å². The molecule has 0 amide bonds. The summed E-state index contributed by atoms with van der Waals surface area (Å²) < 4.78 is 10.3. The Bertz CT molecular complexity index is 445. The predicted molar refractivity (Wildman–Crippen MR) is 73.9 cm³/mol. The molecule has 6 nitrogen and oxygen atoms in total. The topological polar surface area (TPSA) is 84.4 Å². The molecule has 0 fully saturated rings. The van der Waals surface area contributed by atoms with E-state index >= 15 is 0 Å². The van der Waals surface area contributed by atoms with Crippen molar-refractivity contribution < 1.29 is 9.47 Å². The number of anilines is 2. The van der Waals surface area contributed by atoms with Crippen LogP contribution in [-0.2, 0) is 9.47 Å². The summed E-state index contributed by atoms with van der Waals surface area (Å²) in [6, 6.07) is 3.84. The second-order valence-electron chi connectivity index (χ2n) is 4.24. The fraction of sp³-hybridized carbons (Fsp3) is 0.538. The molecule has 2 N–H and O–H groups in total. The third kappa shape index (κ3) is 4.09. The second-order valence-corrected chi connectivity index (χ2v) is 4.24. The number of nitrogens with two attached hydrogens (primary N) is 1. The first-order valence-corrected chi connectivity index (χ1v) is 6.04. The minimum Gasteiger partial charge on any atom is -0.397 e. The summed E-state index contributed by atoms with van der Waals surface area (Å²) >= 11 is 0. The van der Waals surface area contributed by atoms with E-state index in [1.165, 1.54) is 0 Å². The van der Waals surface area contributed by atoms with Crippen molar-refractivity contribution in [1.82, 2.24) is 4.98 Å². The average Bonchev–Trinajstić information content (AvgIpc) is 2.40. The van der Waals surface area contributed by atoms with Crippen LogP contribution in [0.4, 0.5) is 11.5 Å². The second kappa shape index (κ2) is 7.56. The van der Waals surface area contributed by atoms with Gasteiger partial charge in [-0.15, -0.1) is 0 Å². The summed E-state index contributed by atoms with van der Waals surface area (Å²) in [7, 11) is 3.29. The van der Waals surface area contributed by atoms with Gasteiger partial charge in [0.2, 0.25) is 0 Å². The van der Waals surface area contributed by atoms with Gasteiger partial charge in [0.15, 0.2) is 0 Å². The Morgan fingerprint density at radius 1 is 1.47 bits per heavy atom. The fourth-order valence-corrected chi connectivity index (χ4v) is 1.84. The monoisotopic (exact) mass is 264 g/mol. The van der Waals surface area contributed by atoms with Crippen molar-refractivity contribution in [2.24, 2.45) is 0 Å². The number of hydrogen-bond donors (Lipinski definition) is 1. The van der Waals surface area contributed by atoms with Gasteiger partial charge >= 0.3 is 0 Å². The molecular weight excluding hydrogens is 244 g/mol. The Morgan fingerprint density at radius 3 is 2.79 bits per heavy atom. The van der Waals surface area contributed by atoms with E-state index in [2.05, 4.69) is 11.1 Å². The number of hydrogen-bond acceptors (Lipinski definition) is 6. The molecule has 0 spiro atoms. The van der Waals surface area contributed by atoms with Crippen molar-refractivity contribution >= 4 is 11.5 Å². The summed E-state index contributed by atoms with van der Waals surface area (Å²) in [5, 5.41) is 9.19. The van der Waals surface area contributed by atoms with Crippen LogP contribution in [0, 0.1) is 11.3 Å². The summed E-state index contributed by atoms with van der Waals surface area (Å²) in [5.74, 6) is 0.610. The van der Waals surface area contributed by atoms with Gasteiger partial charge in [-0.25, -0.2) is 4.98 Å². The standard InChI is InChI=1S/C13H20N4O2/c1-10(9-19-3)17(4-5-18-2)13-11(7-14)6-12(15)8-16-13/h6,8,10H,4-5,9,15H2,1-3H3. The maximum Gasteiger partial charge on any atom is 0.147 e. The molecule has 104 valence electrons. The number of ether oxygens (including phenoxy) is 2. The van der Waals surface area contributed by atoms with E-state index in [9.17, 15) is 5.26 Å². The Hall–Kier alpha value is -1.84. The van der Waals surface area contributed by atoms with Crippen LogP contribution in [0.15, 0.2) is 12.3 Å². The Balaban J connectivity index is 3.06. The number of nitriles is 1. The SMILES string of the molecule is COCCN(c1ncc(N)cc1C#N)C(C)COC. The molecule has 0 saturated heterocycles. The van der Waals surface area contributed by atoms with Gasteiger partial charge in [0, 0.05) is 20.8 Å². The Labute approximate surface area is 113 Å². The van der Waals surface area contributed by atoms with Gasteiger partial charge in [0.1, 0.15) is 11.9 Å². The van der Waals surface area contributed by atoms with E-state index < -0.39 is 0 Å². The first-order chi connectivity index (χ1) is 9.13. The largest absolute Gasteiger partial charge is 0.397 e. The summed E-state index contributed by atoms with van der Waals surface area (Å²) in [6.45, 7) is 3.73. The zero-order valence-corrected chi connectivity index (χ0v) is 11.6. The molecule has 0 radical (unpaired) electrons. The molecule has 1 aromatic heterocycles. The highest BCUT2D eigenvalue weighted by Crippen LogP contribution is 2.21.